The predicted molar refractivity (Wildman–Crippen MR) is 71.5 cm³/mol. The number of H-pyrrole nitrogens is 1. The van der Waals surface area contributed by atoms with Gasteiger partial charge in [-0.3, -0.25) is 9.89 Å². The van der Waals surface area contributed by atoms with Gasteiger partial charge < -0.3 is 15.4 Å². The lowest BCUT2D eigenvalue weighted by atomic mass is 10.0. The molecule has 0 spiro atoms. The predicted octanol–water partition coefficient (Wildman–Crippen LogP) is 0.307. The van der Waals surface area contributed by atoms with Crippen molar-refractivity contribution in [2.24, 2.45) is 5.73 Å². The van der Waals surface area contributed by atoms with E-state index in [0.29, 0.717) is 13.0 Å². The molecule has 1 fully saturated rings. The van der Waals surface area contributed by atoms with Gasteiger partial charge in [0, 0.05) is 38.9 Å². The molecule has 1 aromatic rings. The van der Waals surface area contributed by atoms with Crippen molar-refractivity contribution < 1.29 is 9.53 Å². The van der Waals surface area contributed by atoms with Gasteiger partial charge in [-0.05, 0) is 24.8 Å². The Labute approximate surface area is 113 Å². The molecular weight excluding hydrogens is 244 g/mol. The second-order valence-corrected chi connectivity index (χ2v) is 5.03. The third-order valence-electron chi connectivity index (χ3n) is 3.68. The number of likely N-dealkylation sites (tertiary alicyclic amines) is 1. The molecule has 1 saturated heterocycles. The van der Waals surface area contributed by atoms with Crippen LogP contribution in [0.3, 0.4) is 0 Å². The Balaban J connectivity index is 1.73. The number of aromatic nitrogens is 2. The van der Waals surface area contributed by atoms with E-state index in [0.717, 1.165) is 31.4 Å². The van der Waals surface area contributed by atoms with Gasteiger partial charge in [-0.15, -0.1) is 0 Å². The van der Waals surface area contributed by atoms with Gasteiger partial charge >= 0.3 is 0 Å². The smallest absolute Gasteiger partial charge is 0.222 e. The van der Waals surface area contributed by atoms with Gasteiger partial charge in [0.1, 0.15) is 0 Å². The first-order valence-electron chi connectivity index (χ1n) is 6.74. The molecule has 0 saturated carbocycles. The van der Waals surface area contributed by atoms with Crippen LogP contribution in [-0.4, -0.2) is 53.3 Å². The molecule has 0 unspecified atom stereocenters. The number of ether oxygens (including phenoxy) is 1. The summed E-state index contributed by atoms with van der Waals surface area (Å²) in [5.74, 6) is 0.192. The van der Waals surface area contributed by atoms with Crippen LogP contribution in [0.1, 0.15) is 24.8 Å². The molecule has 1 aliphatic rings. The van der Waals surface area contributed by atoms with Crippen LogP contribution in [0.25, 0.3) is 0 Å². The summed E-state index contributed by atoms with van der Waals surface area (Å²) in [6, 6.07) is 0.0416. The molecule has 1 amide bonds. The molecule has 6 heteroatoms. The van der Waals surface area contributed by atoms with Crippen molar-refractivity contribution in [1.29, 1.82) is 0 Å². The number of nitrogens with one attached hydrogen (secondary N) is 1. The van der Waals surface area contributed by atoms with E-state index in [2.05, 4.69) is 10.2 Å². The number of carbonyl (C=O) groups is 1. The first-order chi connectivity index (χ1) is 9.20. The number of nitrogens with two attached hydrogens (primary N) is 1. The van der Waals surface area contributed by atoms with Crippen molar-refractivity contribution in [3.8, 4) is 0 Å². The number of hydrogen-bond acceptors (Lipinski definition) is 4. The number of piperidine rings is 1. The van der Waals surface area contributed by atoms with E-state index >= 15 is 0 Å². The highest BCUT2D eigenvalue weighted by Crippen LogP contribution is 2.14. The van der Waals surface area contributed by atoms with Crippen LogP contribution in [-0.2, 0) is 16.0 Å². The fourth-order valence-electron chi connectivity index (χ4n) is 2.43. The van der Waals surface area contributed by atoms with E-state index in [9.17, 15) is 4.79 Å². The van der Waals surface area contributed by atoms with Crippen molar-refractivity contribution >= 4 is 5.91 Å². The molecule has 1 aliphatic heterocycles. The van der Waals surface area contributed by atoms with E-state index < -0.39 is 0 Å². The molecule has 2 heterocycles. The van der Waals surface area contributed by atoms with Gasteiger partial charge in [-0.25, -0.2) is 0 Å². The maximum Gasteiger partial charge on any atom is 0.222 e. The summed E-state index contributed by atoms with van der Waals surface area (Å²) in [6.45, 7) is 1.35. The standard InChI is InChI=1S/C13H22N4O2/c1-19-12-9-17(6-5-11(12)14)13(18)4-2-3-10-7-15-16-8-10/h7-8,11-12H,2-6,9,14H2,1H3,(H,15,16)/t11-,12+/m1/s1. The van der Waals surface area contributed by atoms with Crippen LogP contribution in [0, 0.1) is 0 Å². The number of amides is 1. The monoisotopic (exact) mass is 266 g/mol. The summed E-state index contributed by atoms with van der Waals surface area (Å²) < 4.78 is 5.32. The Morgan fingerprint density at radius 2 is 2.53 bits per heavy atom. The average Bonchev–Trinajstić information content (AvgIpc) is 2.92. The van der Waals surface area contributed by atoms with Crippen LogP contribution >= 0.6 is 0 Å². The summed E-state index contributed by atoms with van der Waals surface area (Å²) in [5, 5.41) is 6.66. The van der Waals surface area contributed by atoms with Crippen LogP contribution in [0.2, 0.25) is 0 Å². The molecule has 106 valence electrons. The molecule has 2 atom stereocenters. The first kappa shape index (κ1) is 14.0. The summed E-state index contributed by atoms with van der Waals surface area (Å²) in [6.07, 6.45) is 6.73. The first-order valence-corrected chi connectivity index (χ1v) is 6.74. The molecule has 0 bridgehead atoms. The number of rotatable bonds is 5. The van der Waals surface area contributed by atoms with Crippen LogP contribution in [0.5, 0.6) is 0 Å². The fourth-order valence-corrected chi connectivity index (χ4v) is 2.43. The van der Waals surface area contributed by atoms with Crippen LogP contribution in [0.4, 0.5) is 0 Å². The summed E-state index contributed by atoms with van der Waals surface area (Å²) in [5.41, 5.74) is 7.08. The molecule has 6 nitrogen and oxygen atoms in total. The Morgan fingerprint density at radius 3 is 3.21 bits per heavy atom. The zero-order valence-corrected chi connectivity index (χ0v) is 11.3. The van der Waals surface area contributed by atoms with Gasteiger partial charge in [0.25, 0.3) is 0 Å². The van der Waals surface area contributed by atoms with Gasteiger partial charge in [-0.2, -0.15) is 5.10 Å². The van der Waals surface area contributed by atoms with Gasteiger partial charge in [-0.1, -0.05) is 0 Å². The molecule has 0 aromatic carbocycles. The zero-order chi connectivity index (χ0) is 13.7. The van der Waals surface area contributed by atoms with Gasteiger partial charge in [0.05, 0.1) is 12.3 Å². The molecule has 0 aliphatic carbocycles. The molecule has 2 rings (SSSR count). The lowest BCUT2D eigenvalue weighted by Gasteiger charge is -2.36. The van der Waals surface area contributed by atoms with E-state index in [1.807, 2.05) is 11.1 Å². The minimum Gasteiger partial charge on any atom is -0.378 e. The van der Waals surface area contributed by atoms with Crippen molar-refractivity contribution in [2.45, 2.75) is 37.8 Å². The van der Waals surface area contributed by atoms with Crippen molar-refractivity contribution in [2.75, 3.05) is 20.2 Å². The Morgan fingerprint density at radius 1 is 1.68 bits per heavy atom. The maximum atomic E-state index is 12.1. The average molecular weight is 266 g/mol. The van der Waals surface area contributed by atoms with Gasteiger partial charge in [0.15, 0.2) is 0 Å². The lowest BCUT2D eigenvalue weighted by Crippen LogP contribution is -2.53. The quantitative estimate of drug-likeness (QED) is 0.803. The Kier molecular flexibility index (Phi) is 4.93. The summed E-state index contributed by atoms with van der Waals surface area (Å²) >= 11 is 0. The number of aromatic amines is 1. The third-order valence-corrected chi connectivity index (χ3v) is 3.68. The highest BCUT2D eigenvalue weighted by atomic mass is 16.5. The Bertz CT molecular complexity index is 393. The molecule has 19 heavy (non-hydrogen) atoms. The number of aryl methyl sites for hydroxylation is 1. The highest BCUT2D eigenvalue weighted by Gasteiger charge is 2.28. The van der Waals surface area contributed by atoms with Crippen LogP contribution in [0.15, 0.2) is 12.4 Å². The number of methoxy groups -OCH3 is 1. The summed E-state index contributed by atoms with van der Waals surface area (Å²) in [7, 11) is 1.65. The SMILES string of the molecule is CO[C@H]1CN(C(=O)CCCc2cn[nH]c2)CC[C@H]1N. The minimum atomic E-state index is -0.0356. The lowest BCUT2D eigenvalue weighted by molar-refractivity contribution is -0.135. The summed E-state index contributed by atoms with van der Waals surface area (Å²) in [4.78, 5) is 14.0. The number of hydrogen-bond donors (Lipinski definition) is 2. The van der Waals surface area contributed by atoms with Crippen LogP contribution < -0.4 is 5.73 Å². The van der Waals surface area contributed by atoms with E-state index in [1.54, 1.807) is 13.3 Å². The second kappa shape index (κ2) is 6.68. The Hall–Kier alpha value is -1.40. The highest BCUT2D eigenvalue weighted by molar-refractivity contribution is 5.76. The van der Waals surface area contributed by atoms with E-state index in [1.165, 1.54) is 0 Å². The molecular formula is C13H22N4O2. The topological polar surface area (TPSA) is 84.2 Å². The second-order valence-electron chi connectivity index (χ2n) is 5.03. The largest absolute Gasteiger partial charge is 0.378 e. The third kappa shape index (κ3) is 3.78. The molecule has 3 N–H and O–H groups in total. The zero-order valence-electron chi connectivity index (χ0n) is 11.3. The minimum absolute atomic E-state index is 0.0356. The van der Waals surface area contributed by atoms with Gasteiger partial charge in [0.2, 0.25) is 5.91 Å². The normalized spacial score (nSPS) is 23.6. The molecule has 0 radical (unpaired) electrons. The van der Waals surface area contributed by atoms with E-state index in [-0.39, 0.29) is 18.1 Å². The van der Waals surface area contributed by atoms with Crippen molar-refractivity contribution in [3.05, 3.63) is 18.0 Å². The fraction of sp³-hybridized carbons (Fsp3) is 0.692. The number of carbonyl (C=O) groups excluding carboxylic acids is 1. The van der Waals surface area contributed by atoms with Crippen molar-refractivity contribution in [1.82, 2.24) is 15.1 Å². The molecule has 1 aromatic heterocycles. The number of nitrogens with zero attached hydrogens (tertiary/aromatic N) is 2. The van der Waals surface area contributed by atoms with Crippen molar-refractivity contribution in [3.63, 3.8) is 0 Å². The maximum absolute atomic E-state index is 12.1. The van der Waals surface area contributed by atoms with E-state index in [4.69, 9.17) is 10.5 Å².